The summed E-state index contributed by atoms with van der Waals surface area (Å²) in [4.78, 5) is 14.9. The number of nitrogens with two attached hydrogens (primary N) is 1. The third-order valence-corrected chi connectivity index (χ3v) is 4.69. The molecule has 1 aromatic heterocycles. The topological polar surface area (TPSA) is 64.2 Å². The van der Waals surface area contributed by atoms with Crippen LogP contribution in [-0.4, -0.2) is 39.7 Å². The predicted molar refractivity (Wildman–Crippen MR) is 101 cm³/mol. The van der Waals surface area contributed by atoms with E-state index in [2.05, 4.69) is 46.6 Å². The largest absolute Gasteiger partial charge is 0.333 e. The van der Waals surface area contributed by atoms with Crippen molar-refractivity contribution >= 4 is 18.3 Å². The Morgan fingerprint density at radius 3 is 2.50 bits per heavy atom. The molecule has 1 aromatic rings. The van der Waals surface area contributed by atoms with Crippen LogP contribution < -0.4 is 5.73 Å². The molecule has 1 fully saturated rings. The second kappa shape index (κ2) is 7.87. The van der Waals surface area contributed by atoms with Gasteiger partial charge >= 0.3 is 0 Å². The molecule has 1 aliphatic heterocycles. The van der Waals surface area contributed by atoms with Gasteiger partial charge in [-0.1, -0.05) is 20.8 Å². The molecule has 138 valence electrons. The zero-order chi connectivity index (χ0) is 17.4. The van der Waals surface area contributed by atoms with E-state index < -0.39 is 0 Å². The molecule has 24 heavy (non-hydrogen) atoms. The van der Waals surface area contributed by atoms with Gasteiger partial charge in [-0.15, -0.1) is 12.4 Å². The lowest BCUT2D eigenvalue weighted by molar-refractivity contribution is 0.0566. The summed E-state index contributed by atoms with van der Waals surface area (Å²) in [5.74, 6) is 0.984. The minimum absolute atomic E-state index is 0. The van der Waals surface area contributed by atoms with Crippen LogP contribution in [0.5, 0.6) is 0 Å². The van der Waals surface area contributed by atoms with Crippen molar-refractivity contribution in [2.24, 2.45) is 11.7 Å². The number of aromatic nitrogens is 2. The van der Waals surface area contributed by atoms with Crippen molar-refractivity contribution in [3.63, 3.8) is 0 Å². The molecule has 1 saturated heterocycles. The molecule has 1 amide bonds. The van der Waals surface area contributed by atoms with Crippen molar-refractivity contribution in [1.82, 2.24) is 14.7 Å². The van der Waals surface area contributed by atoms with Crippen LogP contribution in [0, 0.1) is 5.92 Å². The van der Waals surface area contributed by atoms with Gasteiger partial charge in [0.05, 0.1) is 5.54 Å². The van der Waals surface area contributed by atoms with E-state index in [4.69, 9.17) is 5.73 Å². The van der Waals surface area contributed by atoms with Gasteiger partial charge in [0, 0.05) is 24.8 Å². The highest BCUT2D eigenvalue weighted by Gasteiger charge is 2.32. The number of amides is 1. The number of nitrogens with zero attached hydrogens (tertiary/aromatic N) is 3. The Morgan fingerprint density at radius 1 is 1.42 bits per heavy atom. The fraction of sp³-hybridized carbons (Fsp3) is 0.778. The summed E-state index contributed by atoms with van der Waals surface area (Å²) in [5, 5.41) is 4.65. The number of carbonyl (C=O) groups excluding carboxylic acids is 1. The molecule has 1 aliphatic rings. The van der Waals surface area contributed by atoms with Crippen LogP contribution in [0.1, 0.15) is 76.5 Å². The Balaban J connectivity index is 0.00000288. The Hall–Kier alpha value is -1.07. The van der Waals surface area contributed by atoms with Gasteiger partial charge in [0.15, 0.2) is 5.69 Å². The molecular weight excluding hydrogens is 324 g/mol. The summed E-state index contributed by atoms with van der Waals surface area (Å²) in [6.07, 6.45) is 2.03. The van der Waals surface area contributed by atoms with Gasteiger partial charge in [0.25, 0.3) is 5.91 Å². The minimum atomic E-state index is -0.137. The molecule has 5 nitrogen and oxygen atoms in total. The number of rotatable bonds is 3. The number of halogens is 1. The van der Waals surface area contributed by atoms with E-state index in [1.54, 1.807) is 0 Å². The first-order valence-corrected chi connectivity index (χ1v) is 8.76. The van der Waals surface area contributed by atoms with E-state index >= 15 is 0 Å². The fourth-order valence-electron chi connectivity index (χ4n) is 3.34. The second-order valence-corrected chi connectivity index (χ2v) is 8.21. The van der Waals surface area contributed by atoms with Gasteiger partial charge in [-0.3, -0.25) is 9.48 Å². The molecule has 2 rings (SSSR count). The first-order chi connectivity index (χ1) is 10.6. The Kier molecular flexibility index (Phi) is 6.88. The SMILES string of the molecule is CC1CCN(C(=O)c2cc(C(C)C)n(C(C)(C)C)n2)C(CN)C1.Cl. The van der Waals surface area contributed by atoms with Crippen LogP contribution in [0.4, 0.5) is 0 Å². The van der Waals surface area contributed by atoms with Crippen molar-refractivity contribution in [3.05, 3.63) is 17.5 Å². The first kappa shape index (κ1) is 21.0. The van der Waals surface area contributed by atoms with E-state index in [1.165, 1.54) is 0 Å². The third-order valence-electron chi connectivity index (χ3n) is 4.69. The summed E-state index contributed by atoms with van der Waals surface area (Å²) in [6.45, 7) is 14.2. The Labute approximate surface area is 152 Å². The van der Waals surface area contributed by atoms with Crippen LogP contribution in [0.3, 0.4) is 0 Å². The number of hydrogen-bond donors (Lipinski definition) is 1. The second-order valence-electron chi connectivity index (χ2n) is 8.21. The molecule has 2 N–H and O–H groups in total. The number of hydrogen-bond acceptors (Lipinski definition) is 3. The minimum Gasteiger partial charge on any atom is -0.333 e. The molecule has 2 unspecified atom stereocenters. The maximum absolute atomic E-state index is 13.0. The van der Waals surface area contributed by atoms with Crippen LogP contribution in [0.2, 0.25) is 0 Å². The number of likely N-dealkylation sites (tertiary alicyclic amines) is 1. The standard InChI is InChI=1S/C18H32N4O.ClH/c1-12(2)16-10-15(20-22(16)18(4,5)6)17(23)21-8-7-13(3)9-14(21)11-19;/h10,12-14H,7-9,11,19H2,1-6H3;1H. The zero-order valence-electron chi connectivity index (χ0n) is 15.9. The van der Waals surface area contributed by atoms with Crippen molar-refractivity contribution in [2.45, 2.75) is 71.9 Å². The lowest BCUT2D eigenvalue weighted by atomic mass is 9.92. The third kappa shape index (κ3) is 4.31. The van der Waals surface area contributed by atoms with Crippen LogP contribution >= 0.6 is 12.4 Å². The highest BCUT2D eigenvalue weighted by molar-refractivity contribution is 5.92. The quantitative estimate of drug-likeness (QED) is 0.902. The van der Waals surface area contributed by atoms with Crippen molar-refractivity contribution in [3.8, 4) is 0 Å². The smallest absolute Gasteiger partial charge is 0.274 e. The van der Waals surface area contributed by atoms with Crippen LogP contribution in [0.15, 0.2) is 6.07 Å². The van der Waals surface area contributed by atoms with Gasteiger partial charge < -0.3 is 10.6 Å². The zero-order valence-corrected chi connectivity index (χ0v) is 16.7. The summed E-state index contributed by atoms with van der Waals surface area (Å²) >= 11 is 0. The molecule has 6 heteroatoms. The maximum Gasteiger partial charge on any atom is 0.274 e. The molecule has 2 atom stereocenters. The molecule has 2 heterocycles. The van der Waals surface area contributed by atoms with Gasteiger partial charge in [-0.2, -0.15) is 5.10 Å². The molecule has 0 bridgehead atoms. The van der Waals surface area contributed by atoms with E-state index in [9.17, 15) is 4.79 Å². The average molecular weight is 357 g/mol. The average Bonchev–Trinajstić information content (AvgIpc) is 2.92. The van der Waals surface area contributed by atoms with Crippen molar-refractivity contribution in [1.29, 1.82) is 0 Å². The predicted octanol–water partition coefficient (Wildman–Crippen LogP) is 3.38. The summed E-state index contributed by atoms with van der Waals surface area (Å²) < 4.78 is 1.99. The van der Waals surface area contributed by atoms with Gasteiger partial charge in [0.1, 0.15) is 0 Å². The normalized spacial score (nSPS) is 21.8. The van der Waals surface area contributed by atoms with Gasteiger partial charge in [-0.05, 0) is 51.5 Å². The van der Waals surface area contributed by atoms with E-state index in [-0.39, 0.29) is 29.9 Å². The monoisotopic (exact) mass is 356 g/mol. The van der Waals surface area contributed by atoms with E-state index in [1.807, 2.05) is 15.6 Å². The lowest BCUT2D eigenvalue weighted by Crippen LogP contribution is -2.49. The van der Waals surface area contributed by atoms with Crippen LogP contribution in [-0.2, 0) is 5.54 Å². The number of carbonyl (C=O) groups is 1. The van der Waals surface area contributed by atoms with Crippen LogP contribution in [0.25, 0.3) is 0 Å². The molecule has 0 spiro atoms. The maximum atomic E-state index is 13.0. The van der Waals surface area contributed by atoms with E-state index in [0.717, 1.165) is 25.1 Å². The highest BCUT2D eigenvalue weighted by atomic mass is 35.5. The molecule has 0 aliphatic carbocycles. The summed E-state index contributed by atoms with van der Waals surface area (Å²) in [6, 6.07) is 2.10. The molecule has 0 radical (unpaired) electrons. The summed E-state index contributed by atoms with van der Waals surface area (Å²) in [5.41, 5.74) is 7.43. The first-order valence-electron chi connectivity index (χ1n) is 8.76. The lowest BCUT2D eigenvalue weighted by Gasteiger charge is -2.37. The van der Waals surface area contributed by atoms with E-state index in [0.29, 0.717) is 24.1 Å². The fourth-order valence-corrected chi connectivity index (χ4v) is 3.34. The number of piperidine rings is 1. The van der Waals surface area contributed by atoms with Gasteiger partial charge in [-0.25, -0.2) is 0 Å². The van der Waals surface area contributed by atoms with Crippen molar-refractivity contribution in [2.75, 3.05) is 13.1 Å². The molecule has 0 aromatic carbocycles. The molecule has 0 saturated carbocycles. The summed E-state index contributed by atoms with van der Waals surface area (Å²) in [7, 11) is 0. The van der Waals surface area contributed by atoms with Crippen molar-refractivity contribution < 1.29 is 4.79 Å². The Morgan fingerprint density at radius 2 is 2.04 bits per heavy atom. The van der Waals surface area contributed by atoms with Gasteiger partial charge in [0.2, 0.25) is 0 Å². The molecular formula is C18H33ClN4O. The Bertz CT molecular complexity index is 562. The highest BCUT2D eigenvalue weighted by Crippen LogP contribution is 2.27.